The van der Waals surface area contributed by atoms with E-state index in [1.165, 1.54) is 12.8 Å². The standard InChI is InChI=1S/C12H15ClN2S/c1-7-4-9(5-7)15-8-2-3-10(12(14)16)11(13)6-8/h2-3,6-7,9,15H,4-5H2,1H3,(H2,14,16). The van der Waals surface area contributed by atoms with Gasteiger partial charge in [0.15, 0.2) is 0 Å². The molecule has 0 heterocycles. The van der Waals surface area contributed by atoms with Crippen molar-refractivity contribution in [3.05, 3.63) is 28.8 Å². The van der Waals surface area contributed by atoms with E-state index in [-0.39, 0.29) is 0 Å². The number of nitrogens with one attached hydrogen (secondary N) is 1. The summed E-state index contributed by atoms with van der Waals surface area (Å²) < 4.78 is 0. The molecule has 0 aromatic heterocycles. The lowest BCUT2D eigenvalue weighted by atomic mass is 9.82. The number of nitrogens with two attached hydrogens (primary N) is 1. The fourth-order valence-electron chi connectivity index (χ4n) is 2.06. The van der Waals surface area contributed by atoms with Crippen molar-refractivity contribution >= 4 is 34.5 Å². The van der Waals surface area contributed by atoms with E-state index in [4.69, 9.17) is 29.6 Å². The summed E-state index contributed by atoms with van der Waals surface area (Å²) >= 11 is 11.0. The van der Waals surface area contributed by atoms with Crippen molar-refractivity contribution in [2.45, 2.75) is 25.8 Å². The van der Waals surface area contributed by atoms with Gasteiger partial charge in [0.2, 0.25) is 0 Å². The molecular weight excluding hydrogens is 240 g/mol. The molecule has 86 valence electrons. The Bertz CT molecular complexity index is 413. The van der Waals surface area contributed by atoms with Gasteiger partial charge in [-0.15, -0.1) is 0 Å². The summed E-state index contributed by atoms with van der Waals surface area (Å²) in [7, 11) is 0. The van der Waals surface area contributed by atoms with Gasteiger partial charge in [0, 0.05) is 17.3 Å². The first kappa shape index (κ1) is 11.7. The molecule has 0 aliphatic heterocycles. The molecule has 0 amide bonds. The number of hydrogen-bond donors (Lipinski definition) is 2. The van der Waals surface area contributed by atoms with Gasteiger partial charge in [-0.3, -0.25) is 0 Å². The predicted octanol–water partition coefficient (Wildman–Crippen LogP) is 3.18. The molecule has 0 spiro atoms. The summed E-state index contributed by atoms with van der Waals surface area (Å²) in [6, 6.07) is 6.32. The molecule has 1 aromatic carbocycles. The van der Waals surface area contributed by atoms with E-state index < -0.39 is 0 Å². The van der Waals surface area contributed by atoms with Gasteiger partial charge in [0.25, 0.3) is 0 Å². The second-order valence-corrected chi connectivity index (χ2v) is 5.32. The highest BCUT2D eigenvalue weighted by Crippen LogP contribution is 2.30. The lowest BCUT2D eigenvalue weighted by Crippen LogP contribution is -2.33. The molecule has 2 nitrogen and oxygen atoms in total. The van der Waals surface area contributed by atoms with Crippen LogP contribution in [0.25, 0.3) is 0 Å². The third-order valence-electron chi connectivity index (χ3n) is 2.98. The van der Waals surface area contributed by atoms with E-state index in [9.17, 15) is 0 Å². The van der Waals surface area contributed by atoms with Gasteiger partial charge >= 0.3 is 0 Å². The van der Waals surface area contributed by atoms with Crippen LogP contribution < -0.4 is 11.1 Å². The number of hydrogen-bond acceptors (Lipinski definition) is 2. The summed E-state index contributed by atoms with van der Waals surface area (Å²) in [6.07, 6.45) is 2.46. The first-order chi connectivity index (χ1) is 7.56. The van der Waals surface area contributed by atoms with Gasteiger partial charge in [-0.05, 0) is 37.0 Å². The van der Waals surface area contributed by atoms with Crippen molar-refractivity contribution in [3.63, 3.8) is 0 Å². The number of benzene rings is 1. The van der Waals surface area contributed by atoms with E-state index in [2.05, 4.69) is 12.2 Å². The molecule has 4 heteroatoms. The van der Waals surface area contributed by atoms with Crippen LogP contribution in [0.3, 0.4) is 0 Å². The summed E-state index contributed by atoms with van der Waals surface area (Å²) in [6.45, 7) is 2.26. The quantitative estimate of drug-likeness (QED) is 0.814. The molecule has 0 saturated heterocycles. The third-order valence-corrected chi connectivity index (χ3v) is 3.51. The van der Waals surface area contributed by atoms with Crippen molar-refractivity contribution < 1.29 is 0 Å². The minimum Gasteiger partial charge on any atom is -0.389 e. The first-order valence-electron chi connectivity index (χ1n) is 5.42. The normalized spacial score (nSPS) is 23.6. The lowest BCUT2D eigenvalue weighted by molar-refractivity contribution is 0.309. The summed E-state index contributed by atoms with van der Waals surface area (Å²) in [5, 5.41) is 4.06. The van der Waals surface area contributed by atoms with E-state index in [0.717, 1.165) is 17.2 Å². The van der Waals surface area contributed by atoms with Crippen LogP contribution in [0.1, 0.15) is 25.3 Å². The van der Waals surface area contributed by atoms with Crippen LogP contribution in [0.2, 0.25) is 5.02 Å². The summed E-state index contributed by atoms with van der Waals surface area (Å²) in [4.78, 5) is 0.341. The van der Waals surface area contributed by atoms with Crippen molar-refractivity contribution in [3.8, 4) is 0 Å². The number of halogens is 1. The topological polar surface area (TPSA) is 38.0 Å². The number of rotatable bonds is 3. The van der Waals surface area contributed by atoms with Crippen LogP contribution in [-0.2, 0) is 0 Å². The molecule has 1 aromatic rings. The molecule has 0 unspecified atom stereocenters. The number of anilines is 1. The molecular formula is C12H15ClN2S. The Hall–Kier alpha value is -0.800. The minimum absolute atomic E-state index is 0.341. The fourth-order valence-corrected chi connectivity index (χ4v) is 2.58. The van der Waals surface area contributed by atoms with Crippen LogP contribution in [0.15, 0.2) is 18.2 Å². The highest BCUT2D eigenvalue weighted by atomic mass is 35.5. The molecule has 0 atom stereocenters. The Kier molecular flexibility index (Phi) is 3.36. The largest absolute Gasteiger partial charge is 0.389 e. The highest BCUT2D eigenvalue weighted by molar-refractivity contribution is 7.80. The van der Waals surface area contributed by atoms with E-state index in [1.807, 2.05) is 18.2 Å². The molecule has 1 fully saturated rings. The molecule has 1 aliphatic rings. The maximum atomic E-state index is 6.09. The Labute approximate surface area is 106 Å². The van der Waals surface area contributed by atoms with Crippen molar-refractivity contribution in [2.75, 3.05) is 5.32 Å². The van der Waals surface area contributed by atoms with E-state index >= 15 is 0 Å². The first-order valence-corrected chi connectivity index (χ1v) is 6.21. The van der Waals surface area contributed by atoms with Gasteiger partial charge in [0.05, 0.1) is 5.02 Å². The SMILES string of the molecule is CC1CC(Nc2ccc(C(N)=S)c(Cl)c2)C1. The number of thiocarbonyl (C=S) groups is 1. The molecule has 16 heavy (non-hydrogen) atoms. The lowest BCUT2D eigenvalue weighted by Gasteiger charge is -2.34. The monoisotopic (exact) mass is 254 g/mol. The molecule has 0 bridgehead atoms. The molecule has 0 radical (unpaired) electrons. The Morgan fingerprint density at radius 2 is 2.19 bits per heavy atom. The van der Waals surface area contributed by atoms with Crippen LogP contribution in [0, 0.1) is 5.92 Å². The van der Waals surface area contributed by atoms with Gasteiger partial charge in [0.1, 0.15) is 4.99 Å². The maximum absolute atomic E-state index is 6.09. The molecule has 1 saturated carbocycles. The van der Waals surface area contributed by atoms with E-state index in [0.29, 0.717) is 16.1 Å². The average Bonchev–Trinajstić information content (AvgIpc) is 2.15. The van der Waals surface area contributed by atoms with Gasteiger partial charge < -0.3 is 11.1 Å². The Morgan fingerprint density at radius 1 is 1.50 bits per heavy atom. The minimum atomic E-state index is 0.341. The van der Waals surface area contributed by atoms with Gasteiger partial charge in [-0.25, -0.2) is 0 Å². The fraction of sp³-hybridized carbons (Fsp3) is 0.417. The van der Waals surface area contributed by atoms with E-state index in [1.54, 1.807) is 0 Å². The van der Waals surface area contributed by atoms with Crippen LogP contribution in [-0.4, -0.2) is 11.0 Å². The second-order valence-electron chi connectivity index (χ2n) is 4.48. The molecule has 3 N–H and O–H groups in total. The predicted molar refractivity (Wildman–Crippen MR) is 73.1 cm³/mol. The van der Waals surface area contributed by atoms with Crippen LogP contribution >= 0.6 is 23.8 Å². The van der Waals surface area contributed by atoms with Crippen molar-refractivity contribution in [1.82, 2.24) is 0 Å². The molecule has 2 rings (SSSR count). The van der Waals surface area contributed by atoms with Gasteiger partial charge in [-0.2, -0.15) is 0 Å². The van der Waals surface area contributed by atoms with Crippen molar-refractivity contribution in [2.24, 2.45) is 11.7 Å². The zero-order valence-electron chi connectivity index (χ0n) is 9.16. The van der Waals surface area contributed by atoms with Crippen LogP contribution in [0.5, 0.6) is 0 Å². The average molecular weight is 255 g/mol. The maximum Gasteiger partial charge on any atom is 0.105 e. The Balaban J connectivity index is 2.06. The van der Waals surface area contributed by atoms with Crippen molar-refractivity contribution in [1.29, 1.82) is 0 Å². The smallest absolute Gasteiger partial charge is 0.105 e. The second kappa shape index (κ2) is 4.60. The van der Waals surface area contributed by atoms with Gasteiger partial charge in [-0.1, -0.05) is 30.7 Å². The summed E-state index contributed by atoms with van der Waals surface area (Å²) in [5.41, 5.74) is 7.33. The highest BCUT2D eigenvalue weighted by Gasteiger charge is 2.24. The summed E-state index contributed by atoms with van der Waals surface area (Å²) in [5.74, 6) is 0.837. The third kappa shape index (κ3) is 2.47. The van der Waals surface area contributed by atoms with Crippen LogP contribution in [0.4, 0.5) is 5.69 Å². The zero-order valence-corrected chi connectivity index (χ0v) is 10.7. The zero-order chi connectivity index (χ0) is 11.7. The Morgan fingerprint density at radius 3 is 2.69 bits per heavy atom. The molecule has 1 aliphatic carbocycles.